The SMILES string of the molecule is CC1(C2CCCNC2)NC(=O)NC1=O. The van der Waals surface area contributed by atoms with E-state index in [-0.39, 0.29) is 17.9 Å². The van der Waals surface area contributed by atoms with Gasteiger partial charge in [-0.05, 0) is 26.3 Å². The molecule has 2 atom stereocenters. The van der Waals surface area contributed by atoms with E-state index in [0.717, 1.165) is 25.9 Å². The Kier molecular flexibility index (Phi) is 2.19. The molecule has 0 aliphatic carbocycles. The zero-order valence-electron chi connectivity index (χ0n) is 8.22. The average Bonchev–Trinajstić information content (AvgIpc) is 2.43. The molecule has 0 saturated carbocycles. The van der Waals surface area contributed by atoms with E-state index in [4.69, 9.17) is 0 Å². The molecule has 0 bridgehead atoms. The van der Waals surface area contributed by atoms with E-state index in [0.29, 0.717) is 0 Å². The predicted octanol–water partition coefficient (Wildman–Crippen LogP) is -0.416. The molecular weight excluding hydrogens is 182 g/mol. The Morgan fingerprint density at radius 3 is 2.71 bits per heavy atom. The highest BCUT2D eigenvalue weighted by Gasteiger charge is 2.47. The van der Waals surface area contributed by atoms with E-state index in [1.807, 2.05) is 0 Å². The molecule has 0 spiro atoms. The van der Waals surface area contributed by atoms with Crippen LogP contribution in [0.2, 0.25) is 0 Å². The van der Waals surface area contributed by atoms with Gasteiger partial charge in [-0.3, -0.25) is 10.1 Å². The molecule has 78 valence electrons. The largest absolute Gasteiger partial charge is 0.323 e. The zero-order chi connectivity index (χ0) is 10.2. The number of imide groups is 1. The van der Waals surface area contributed by atoms with Crippen molar-refractivity contribution < 1.29 is 9.59 Å². The van der Waals surface area contributed by atoms with Crippen LogP contribution >= 0.6 is 0 Å². The van der Waals surface area contributed by atoms with E-state index in [1.54, 1.807) is 6.92 Å². The van der Waals surface area contributed by atoms with Crippen LogP contribution < -0.4 is 16.0 Å². The Labute approximate surface area is 82.6 Å². The number of urea groups is 1. The van der Waals surface area contributed by atoms with E-state index < -0.39 is 5.54 Å². The molecule has 0 aromatic heterocycles. The first kappa shape index (κ1) is 9.45. The molecule has 5 nitrogen and oxygen atoms in total. The van der Waals surface area contributed by atoms with Crippen LogP contribution in [0.1, 0.15) is 19.8 Å². The van der Waals surface area contributed by atoms with Crippen LogP contribution in [0.3, 0.4) is 0 Å². The number of amides is 3. The lowest BCUT2D eigenvalue weighted by molar-refractivity contribution is -0.125. The maximum absolute atomic E-state index is 11.6. The Bertz CT molecular complexity index is 273. The molecule has 2 rings (SSSR count). The molecule has 3 N–H and O–H groups in total. The number of carbonyl (C=O) groups excluding carboxylic acids is 2. The minimum atomic E-state index is -0.718. The molecular formula is C9H15N3O2. The van der Waals surface area contributed by atoms with Gasteiger partial charge in [-0.1, -0.05) is 0 Å². The summed E-state index contributed by atoms with van der Waals surface area (Å²) in [5, 5.41) is 8.24. The Morgan fingerprint density at radius 1 is 1.43 bits per heavy atom. The van der Waals surface area contributed by atoms with Crippen LogP contribution in [0.25, 0.3) is 0 Å². The first-order valence-corrected chi connectivity index (χ1v) is 4.97. The van der Waals surface area contributed by atoms with Gasteiger partial charge >= 0.3 is 6.03 Å². The molecule has 2 unspecified atom stereocenters. The molecule has 2 heterocycles. The molecule has 5 heteroatoms. The van der Waals surface area contributed by atoms with Crippen molar-refractivity contribution in [1.82, 2.24) is 16.0 Å². The van der Waals surface area contributed by atoms with E-state index in [9.17, 15) is 9.59 Å². The summed E-state index contributed by atoms with van der Waals surface area (Å²) in [6.07, 6.45) is 2.04. The van der Waals surface area contributed by atoms with Crippen molar-refractivity contribution in [3.63, 3.8) is 0 Å². The topological polar surface area (TPSA) is 70.2 Å². The van der Waals surface area contributed by atoms with Crippen molar-refractivity contribution in [2.24, 2.45) is 5.92 Å². The van der Waals surface area contributed by atoms with Crippen molar-refractivity contribution >= 4 is 11.9 Å². The van der Waals surface area contributed by atoms with Gasteiger partial charge in [0.15, 0.2) is 0 Å². The lowest BCUT2D eigenvalue weighted by atomic mass is 9.81. The summed E-state index contributed by atoms with van der Waals surface area (Å²) >= 11 is 0. The number of hydrogen-bond donors (Lipinski definition) is 3. The first-order valence-electron chi connectivity index (χ1n) is 4.97. The van der Waals surface area contributed by atoms with Crippen molar-refractivity contribution in [1.29, 1.82) is 0 Å². The van der Waals surface area contributed by atoms with E-state index in [2.05, 4.69) is 16.0 Å². The molecule has 14 heavy (non-hydrogen) atoms. The van der Waals surface area contributed by atoms with E-state index >= 15 is 0 Å². The standard InChI is InChI=1S/C9H15N3O2/c1-9(6-3-2-4-10-5-6)7(13)11-8(14)12-9/h6,10H,2-5H2,1H3,(H2,11,12,13,14). The lowest BCUT2D eigenvalue weighted by Gasteiger charge is -2.34. The van der Waals surface area contributed by atoms with Crippen LogP contribution in [-0.4, -0.2) is 30.6 Å². The van der Waals surface area contributed by atoms with Gasteiger partial charge in [0.2, 0.25) is 0 Å². The second-order valence-electron chi connectivity index (χ2n) is 4.15. The van der Waals surface area contributed by atoms with Crippen molar-refractivity contribution in [2.45, 2.75) is 25.3 Å². The van der Waals surface area contributed by atoms with Gasteiger partial charge in [-0.15, -0.1) is 0 Å². The minimum absolute atomic E-state index is 0.197. The average molecular weight is 197 g/mol. The summed E-state index contributed by atoms with van der Waals surface area (Å²) in [6.45, 7) is 3.59. The van der Waals surface area contributed by atoms with Crippen LogP contribution in [-0.2, 0) is 4.79 Å². The number of rotatable bonds is 1. The fourth-order valence-corrected chi connectivity index (χ4v) is 2.19. The zero-order valence-corrected chi connectivity index (χ0v) is 8.22. The fourth-order valence-electron chi connectivity index (χ4n) is 2.19. The second-order valence-corrected chi connectivity index (χ2v) is 4.15. The predicted molar refractivity (Wildman–Crippen MR) is 50.7 cm³/mol. The normalized spacial score (nSPS) is 37.9. The number of carbonyl (C=O) groups is 2. The van der Waals surface area contributed by atoms with E-state index in [1.165, 1.54) is 0 Å². The van der Waals surface area contributed by atoms with Crippen LogP contribution in [0.15, 0.2) is 0 Å². The van der Waals surface area contributed by atoms with Crippen molar-refractivity contribution in [3.05, 3.63) is 0 Å². The summed E-state index contributed by atoms with van der Waals surface area (Å²) < 4.78 is 0. The van der Waals surface area contributed by atoms with Gasteiger partial charge in [-0.25, -0.2) is 4.79 Å². The first-order chi connectivity index (χ1) is 6.63. The van der Waals surface area contributed by atoms with Gasteiger partial charge in [0, 0.05) is 12.5 Å². The summed E-state index contributed by atoms with van der Waals surface area (Å²) in [6, 6.07) is -0.372. The maximum atomic E-state index is 11.6. The van der Waals surface area contributed by atoms with Crippen LogP contribution in [0, 0.1) is 5.92 Å². The molecule has 0 radical (unpaired) electrons. The Hall–Kier alpha value is -1.10. The number of hydrogen-bond acceptors (Lipinski definition) is 3. The van der Waals surface area contributed by atoms with Gasteiger partial charge in [0.25, 0.3) is 5.91 Å². The van der Waals surface area contributed by atoms with Gasteiger partial charge in [0.1, 0.15) is 5.54 Å². The van der Waals surface area contributed by atoms with Gasteiger partial charge in [0.05, 0.1) is 0 Å². The summed E-state index contributed by atoms with van der Waals surface area (Å²) in [5.41, 5.74) is -0.718. The third kappa shape index (κ3) is 1.37. The summed E-state index contributed by atoms with van der Waals surface area (Å²) in [4.78, 5) is 22.6. The fraction of sp³-hybridized carbons (Fsp3) is 0.778. The molecule has 3 amide bonds. The summed E-state index contributed by atoms with van der Waals surface area (Å²) in [5.74, 6) is -0.00102. The monoisotopic (exact) mass is 197 g/mol. The third-order valence-electron chi connectivity index (χ3n) is 3.19. The summed E-state index contributed by atoms with van der Waals surface area (Å²) in [7, 11) is 0. The molecule has 0 aromatic rings. The van der Waals surface area contributed by atoms with Crippen LogP contribution in [0.5, 0.6) is 0 Å². The quantitative estimate of drug-likeness (QED) is 0.500. The Morgan fingerprint density at radius 2 is 2.21 bits per heavy atom. The Balaban J connectivity index is 2.14. The van der Waals surface area contributed by atoms with Crippen molar-refractivity contribution in [2.75, 3.05) is 13.1 Å². The van der Waals surface area contributed by atoms with Crippen LogP contribution in [0.4, 0.5) is 4.79 Å². The third-order valence-corrected chi connectivity index (χ3v) is 3.19. The van der Waals surface area contributed by atoms with Gasteiger partial charge in [-0.2, -0.15) is 0 Å². The molecule has 2 aliphatic heterocycles. The number of nitrogens with one attached hydrogen (secondary N) is 3. The highest BCUT2D eigenvalue weighted by Crippen LogP contribution is 2.26. The molecule has 2 fully saturated rings. The minimum Gasteiger partial charge on any atom is -0.323 e. The second kappa shape index (κ2) is 3.24. The smallest absolute Gasteiger partial charge is 0.322 e. The maximum Gasteiger partial charge on any atom is 0.322 e. The van der Waals surface area contributed by atoms with Crippen molar-refractivity contribution in [3.8, 4) is 0 Å². The molecule has 0 aromatic carbocycles. The molecule has 2 aliphatic rings. The lowest BCUT2D eigenvalue weighted by Crippen LogP contribution is -2.55. The highest BCUT2D eigenvalue weighted by atomic mass is 16.2. The molecule has 2 saturated heterocycles. The highest BCUT2D eigenvalue weighted by molar-refractivity contribution is 6.06. The van der Waals surface area contributed by atoms with Gasteiger partial charge < -0.3 is 10.6 Å². The number of piperidine rings is 1.